The molecule has 33 heavy (non-hydrogen) atoms. The first-order valence-corrected chi connectivity index (χ1v) is 12.3. The molecule has 0 N–H and O–H groups in total. The molecule has 0 fully saturated rings. The first-order chi connectivity index (χ1) is 15.8. The molecule has 0 aliphatic rings. The summed E-state index contributed by atoms with van der Waals surface area (Å²) in [6, 6.07) is 13.2. The standard InChI is InChI=1S/C25H23FN4OS2/c1-4-16-14-18(9-8-17(16)10-11-25(2,3)15-27)30-13-12-28-22(23(30)31)33-24-29-21-19(26)6-5-7-20(21)32-24/h5-9,12-14H,4,10-11H2,1-3H3. The third kappa shape index (κ3) is 5.00. The SMILES string of the molecule is CCc1cc(-n2ccnc(Sc3nc4c(F)cccc4s3)c2=O)ccc1CCC(C)(C)C#N. The largest absolute Gasteiger partial charge is 0.288 e. The third-order valence-electron chi connectivity index (χ3n) is 5.51. The number of aryl methyl sites for hydroxylation is 2. The molecule has 2 heterocycles. The van der Waals surface area contributed by atoms with Crippen molar-refractivity contribution >= 4 is 33.3 Å². The van der Waals surface area contributed by atoms with Gasteiger partial charge in [0.25, 0.3) is 5.56 Å². The summed E-state index contributed by atoms with van der Waals surface area (Å²) in [6.45, 7) is 5.98. The van der Waals surface area contributed by atoms with E-state index in [0.717, 1.165) is 47.0 Å². The van der Waals surface area contributed by atoms with Gasteiger partial charge in [0.15, 0.2) is 9.37 Å². The Morgan fingerprint density at radius 1 is 1.24 bits per heavy atom. The molecule has 0 radical (unpaired) electrons. The van der Waals surface area contributed by atoms with Crippen LogP contribution in [-0.4, -0.2) is 14.5 Å². The van der Waals surface area contributed by atoms with Crippen molar-refractivity contribution in [1.82, 2.24) is 14.5 Å². The van der Waals surface area contributed by atoms with Gasteiger partial charge in [-0.15, -0.1) is 11.3 Å². The van der Waals surface area contributed by atoms with E-state index < -0.39 is 0 Å². The maximum Gasteiger partial charge on any atom is 0.288 e. The molecule has 0 aliphatic heterocycles. The second-order valence-corrected chi connectivity index (χ2v) is 10.6. The molecule has 2 aromatic carbocycles. The molecule has 0 bridgehead atoms. The summed E-state index contributed by atoms with van der Waals surface area (Å²) in [4.78, 5) is 21.8. The first kappa shape index (κ1) is 23.1. The topological polar surface area (TPSA) is 71.6 Å². The van der Waals surface area contributed by atoms with Gasteiger partial charge in [0.05, 0.1) is 16.2 Å². The van der Waals surface area contributed by atoms with Crippen molar-refractivity contribution in [2.75, 3.05) is 0 Å². The van der Waals surface area contributed by atoms with Gasteiger partial charge in [-0.25, -0.2) is 14.4 Å². The highest BCUT2D eigenvalue weighted by Crippen LogP contribution is 2.33. The van der Waals surface area contributed by atoms with Crippen LogP contribution in [0.3, 0.4) is 0 Å². The zero-order valence-electron chi connectivity index (χ0n) is 18.6. The Morgan fingerprint density at radius 3 is 2.79 bits per heavy atom. The van der Waals surface area contributed by atoms with Crippen molar-refractivity contribution in [3.63, 3.8) is 0 Å². The van der Waals surface area contributed by atoms with E-state index in [1.165, 1.54) is 23.0 Å². The van der Waals surface area contributed by atoms with Crippen molar-refractivity contribution < 1.29 is 4.39 Å². The molecule has 0 amide bonds. The van der Waals surface area contributed by atoms with Crippen LogP contribution in [0.2, 0.25) is 0 Å². The Bertz CT molecular complexity index is 1420. The van der Waals surface area contributed by atoms with Gasteiger partial charge in [-0.1, -0.05) is 19.1 Å². The summed E-state index contributed by atoms with van der Waals surface area (Å²) in [7, 11) is 0. The molecule has 0 unspecified atom stereocenters. The normalized spacial score (nSPS) is 11.6. The zero-order valence-corrected chi connectivity index (χ0v) is 20.3. The van der Waals surface area contributed by atoms with Gasteiger partial charge >= 0.3 is 0 Å². The molecule has 0 saturated carbocycles. The molecule has 0 spiro atoms. The predicted octanol–water partition coefficient (Wildman–Crippen LogP) is 6.18. The quantitative estimate of drug-likeness (QED) is 0.317. The number of benzene rings is 2. The minimum atomic E-state index is -0.376. The van der Waals surface area contributed by atoms with Crippen molar-refractivity contribution in [2.24, 2.45) is 5.41 Å². The lowest BCUT2D eigenvalue weighted by Gasteiger charge is -2.17. The van der Waals surface area contributed by atoms with E-state index in [0.29, 0.717) is 9.86 Å². The van der Waals surface area contributed by atoms with Crippen molar-refractivity contribution in [3.8, 4) is 11.8 Å². The van der Waals surface area contributed by atoms with Crippen LogP contribution in [0.1, 0.15) is 38.3 Å². The molecule has 4 rings (SSSR count). The molecule has 5 nitrogen and oxygen atoms in total. The van der Waals surface area contributed by atoms with E-state index in [-0.39, 0.29) is 21.8 Å². The molecular formula is C25H23FN4OS2. The van der Waals surface area contributed by atoms with Crippen LogP contribution in [0.25, 0.3) is 15.9 Å². The van der Waals surface area contributed by atoms with Gasteiger partial charge in [-0.2, -0.15) is 5.26 Å². The highest BCUT2D eigenvalue weighted by atomic mass is 32.2. The van der Waals surface area contributed by atoms with Crippen molar-refractivity contribution in [3.05, 3.63) is 76.1 Å². The van der Waals surface area contributed by atoms with E-state index >= 15 is 0 Å². The van der Waals surface area contributed by atoms with E-state index in [1.807, 2.05) is 38.1 Å². The number of halogens is 1. The lowest BCUT2D eigenvalue weighted by molar-refractivity contribution is 0.451. The monoisotopic (exact) mass is 478 g/mol. The Morgan fingerprint density at radius 2 is 2.06 bits per heavy atom. The summed E-state index contributed by atoms with van der Waals surface area (Å²) in [5.74, 6) is -0.376. The van der Waals surface area contributed by atoms with Crippen molar-refractivity contribution in [2.45, 2.75) is 49.4 Å². The smallest absolute Gasteiger partial charge is 0.280 e. The summed E-state index contributed by atoms with van der Waals surface area (Å²) in [6.07, 6.45) is 5.65. The number of hydrogen-bond donors (Lipinski definition) is 0. The van der Waals surface area contributed by atoms with Gasteiger partial charge in [-0.3, -0.25) is 9.36 Å². The van der Waals surface area contributed by atoms with Crippen LogP contribution >= 0.6 is 23.1 Å². The second-order valence-electron chi connectivity index (χ2n) is 8.38. The molecule has 0 aliphatic carbocycles. The molecule has 2 aromatic heterocycles. The average molecular weight is 479 g/mol. The van der Waals surface area contributed by atoms with Gasteiger partial charge in [0.1, 0.15) is 11.3 Å². The highest BCUT2D eigenvalue weighted by Gasteiger charge is 2.18. The molecule has 4 aromatic rings. The summed E-state index contributed by atoms with van der Waals surface area (Å²) in [5.41, 5.74) is 2.80. The summed E-state index contributed by atoms with van der Waals surface area (Å²) in [5, 5.41) is 9.58. The van der Waals surface area contributed by atoms with E-state index in [2.05, 4.69) is 23.0 Å². The van der Waals surface area contributed by atoms with Gasteiger partial charge in [-0.05, 0) is 80.3 Å². The number of fused-ring (bicyclic) bond motifs is 1. The number of para-hydroxylation sites is 1. The maximum absolute atomic E-state index is 14.0. The number of thiazole rings is 1. The van der Waals surface area contributed by atoms with Crippen LogP contribution in [0.15, 0.2) is 63.0 Å². The Kier molecular flexibility index (Phi) is 6.63. The number of hydrogen-bond acceptors (Lipinski definition) is 6. The Labute approximate surface area is 199 Å². The van der Waals surface area contributed by atoms with Crippen molar-refractivity contribution in [1.29, 1.82) is 5.26 Å². The zero-order chi connectivity index (χ0) is 23.6. The molecule has 8 heteroatoms. The Balaban J connectivity index is 1.63. The second kappa shape index (κ2) is 9.46. The van der Waals surface area contributed by atoms with E-state index in [9.17, 15) is 14.4 Å². The lowest BCUT2D eigenvalue weighted by atomic mass is 9.86. The maximum atomic E-state index is 14.0. The van der Waals surface area contributed by atoms with Crippen LogP contribution in [0, 0.1) is 22.6 Å². The lowest BCUT2D eigenvalue weighted by Crippen LogP contribution is -2.20. The Hall–Kier alpha value is -3.02. The number of nitrogens with zero attached hydrogens (tertiary/aromatic N) is 4. The molecular weight excluding hydrogens is 455 g/mol. The number of aromatic nitrogens is 3. The van der Waals surface area contributed by atoms with Gasteiger partial charge in [0, 0.05) is 18.1 Å². The summed E-state index contributed by atoms with van der Waals surface area (Å²) < 4.78 is 16.9. The van der Waals surface area contributed by atoms with Crippen LogP contribution < -0.4 is 5.56 Å². The first-order valence-electron chi connectivity index (χ1n) is 10.7. The molecule has 0 saturated heterocycles. The minimum absolute atomic E-state index is 0.248. The number of nitriles is 1. The molecule has 168 valence electrons. The average Bonchev–Trinajstić information content (AvgIpc) is 3.23. The van der Waals surface area contributed by atoms with E-state index in [1.54, 1.807) is 23.0 Å². The fourth-order valence-corrected chi connectivity index (χ4v) is 5.51. The predicted molar refractivity (Wildman–Crippen MR) is 131 cm³/mol. The van der Waals surface area contributed by atoms with Gasteiger partial charge < -0.3 is 0 Å². The van der Waals surface area contributed by atoms with Crippen LogP contribution in [-0.2, 0) is 12.8 Å². The van der Waals surface area contributed by atoms with Crippen LogP contribution in [0.4, 0.5) is 4.39 Å². The summed E-state index contributed by atoms with van der Waals surface area (Å²) >= 11 is 2.48. The fourth-order valence-electron chi connectivity index (χ4n) is 3.53. The number of rotatable bonds is 7. The van der Waals surface area contributed by atoms with Gasteiger partial charge in [0.2, 0.25) is 0 Å². The minimum Gasteiger partial charge on any atom is -0.280 e. The fraction of sp³-hybridized carbons (Fsp3) is 0.280. The highest BCUT2D eigenvalue weighted by molar-refractivity contribution is 8.01. The third-order valence-corrected chi connectivity index (χ3v) is 7.57. The van der Waals surface area contributed by atoms with E-state index in [4.69, 9.17) is 0 Å². The molecule has 0 atom stereocenters. The van der Waals surface area contributed by atoms with Crippen LogP contribution in [0.5, 0.6) is 0 Å².